The van der Waals surface area contributed by atoms with Crippen molar-refractivity contribution in [3.63, 3.8) is 0 Å². The highest BCUT2D eigenvalue weighted by Crippen LogP contribution is 1.63. The summed E-state index contributed by atoms with van der Waals surface area (Å²) in [5.74, 6) is -0.116. The zero-order chi connectivity index (χ0) is 6.41. The molecule has 0 fully saturated rings. The van der Waals surface area contributed by atoms with Crippen LogP contribution in [-0.4, -0.2) is 23.9 Å². The summed E-state index contributed by atoms with van der Waals surface area (Å²) in [6, 6.07) is 0. The minimum Gasteiger partial charge on any atom is -0.391 e. The number of aliphatic hydroxyl groups excluding tert-OH is 1. The summed E-state index contributed by atoms with van der Waals surface area (Å²) in [4.78, 5) is 0. The quantitative estimate of drug-likeness (QED) is 0.226. The van der Waals surface area contributed by atoms with Crippen LogP contribution in [0.4, 0.5) is 0 Å². The molecule has 0 bridgehead atoms. The Hall–Kier alpha value is -1.10. The standard InChI is InChI=1S/C3H8N4O/c4-3(5)7-6-1-2-8/h1,8H,2H2,(H4,4,5,7)/b6-1+. The number of nitrogens with zero attached hydrogens (tertiary/aromatic N) is 2. The predicted octanol–water partition coefficient (Wildman–Crippen LogP) is -1.76. The molecule has 0 spiro atoms. The molecule has 0 aromatic heterocycles. The molecule has 0 heterocycles. The van der Waals surface area contributed by atoms with Gasteiger partial charge in [-0.05, 0) is 0 Å². The van der Waals surface area contributed by atoms with Gasteiger partial charge in [0.25, 0.3) is 0 Å². The fraction of sp³-hybridized carbons (Fsp3) is 0.333. The highest BCUT2D eigenvalue weighted by molar-refractivity contribution is 5.76. The Morgan fingerprint density at radius 1 is 1.62 bits per heavy atom. The minimum absolute atomic E-state index is 0.116. The molecule has 0 amide bonds. The van der Waals surface area contributed by atoms with E-state index in [1.54, 1.807) is 0 Å². The lowest BCUT2D eigenvalue weighted by molar-refractivity contribution is 0.361. The van der Waals surface area contributed by atoms with E-state index in [2.05, 4.69) is 10.2 Å². The summed E-state index contributed by atoms with van der Waals surface area (Å²) in [5.41, 5.74) is 9.73. The van der Waals surface area contributed by atoms with Crippen molar-refractivity contribution in [1.82, 2.24) is 0 Å². The van der Waals surface area contributed by atoms with Gasteiger partial charge in [0.2, 0.25) is 5.96 Å². The van der Waals surface area contributed by atoms with Gasteiger partial charge in [0.15, 0.2) is 0 Å². The van der Waals surface area contributed by atoms with Crippen molar-refractivity contribution in [2.45, 2.75) is 0 Å². The monoisotopic (exact) mass is 116 g/mol. The molecule has 0 aliphatic rings. The smallest absolute Gasteiger partial charge is 0.211 e. The molecule has 0 aliphatic heterocycles. The van der Waals surface area contributed by atoms with Gasteiger partial charge in [-0.25, -0.2) is 0 Å². The fourth-order valence-corrected chi connectivity index (χ4v) is 0.144. The van der Waals surface area contributed by atoms with E-state index in [1.165, 1.54) is 6.21 Å². The van der Waals surface area contributed by atoms with Crippen LogP contribution in [0.2, 0.25) is 0 Å². The average molecular weight is 116 g/mol. The Kier molecular flexibility index (Phi) is 3.51. The number of hydrogen-bond acceptors (Lipinski definition) is 3. The molecule has 0 aliphatic carbocycles. The molecule has 5 heteroatoms. The molecule has 46 valence electrons. The molecule has 0 saturated carbocycles. The van der Waals surface area contributed by atoms with Crippen molar-refractivity contribution in [3.05, 3.63) is 0 Å². The summed E-state index contributed by atoms with van der Waals surface area (Å²) in [6.45, 7) is -0.156. The summed E-state index contributed by atoms with van der Waals surface area (Å²) < 4.78 is 0. The average Bonchev–Trinajstić information content (AvgIpc) is 1.66. The van der Waals surface area contributed by atoms with Crippen LogP contribution < -0.4 is 11.5 Å². The van der Waals surface area contributed by atoms with E-state index < -0.39 is 0 Å². The Labute approximate surface area is 46.7 Å². The second-order valence-electron chi connectivity index (χ2n) is 1.01. The van der Waals surface area contributed by atoms with E-state index in [1.807, 2.05) is 0 Å². The molecule has 0 saturated heterocycles. The van der Waals surface area contributed by atoms with E-state index in [4.69, 9.17) is 16.6 Å². The zero-order valence-electron chi connectivity index (χ0n) is 4.28. The van der Waals surface area contributed by atoms with Crippen LogP contribution in [-0.2, 0) is 0 Å². The van der Waals surface area contributed by atoms with Crippen LogP contribution in [0, 0.1) is 0 Å². The maximum Gasteiger partial charge on any atom is 0.211 e. The van der Waals surface area contributed by atoms with Crippen LogP contribution in [0.3, 0.4) is 0 Å². The maximum atomic E-state index is 8.08. The number of aliphatic hydroxyl groups is 1. The normalized spacial score (nSPS) is 9.62. The first-order valence-electron chi connectivity index (χ1n) is 1.98. The Morgan fingerprint density at radius 2 is 2.25 bits per heavy atom. The van der Waals surface area contributed by atoms with Crippen molar-refractivity contribution in [2.75, 3.05) is 6.61 Å². The summed E-state index contributed by atoms with van der Waals surface area (Å²) in [5, 5.41) is 14.5. The first kappa shape index (κ1) is 6.90. The first-order valence-corrected chi connectivity index (χ1v) is 1.98. The zero-order valence-corrected chi connectivity index (χ0v) is 4.28. The van der Waals surface area contributed by atoms with Crippen LogP contribution in [0.25, 0.3) is 0 Å². The second-order valence-corrected chi connectivity index (χ2v) is 1.01. The Bertz CT molecular complexity index is 104. The molecule has 0 rings (SSSR count). The summed E-state index contributed by atoms with van der Waals surface area (Å²) in [7, 11) is 0. The van der Waals surface area contributed by atoms with Gasteiger partial charge < -0.3 is 16.6 Å². The van der Waals surface area contributed by atoms with E-state index in [0.29, 0.717) is 0 Å². The number of guanidine groups is 1. The molecule has 0 aromatic carbocycles. The largest absolute Gasteiger partial charge is 0.391 e. The summed E-state index contributed by atoms with van der Waals surface area (Å²) in [6.07, 6.45) is 1.18. The lowest BCUT2D eigenvalue weighted by Gasteiger charge is -1.80. The molecule has 8 heavy (non-hydrogen) atoms. The Balaban J connectivity index is 3.42. The topological polar surface area (TPSA) is 97.0 Å². The lowest BCUT2D eigenvalue weighted by atomic mass is 10.8. The number of nitrogens with two attached hydrogens (primary N) is 2. The molecule has 0 aromatic rings. The highest BCUT2D eigenvalue weighted by Gasteiger charge is 1.70. The van der Waals surface area contributed by atoms with Gasteiger partial charge in [-0.2, -0.15) is 5.10 Å². The van der Waals surface area contributed by atoms with E-state index in [-0.39, 0.29) is 12.6 Å². The third-order valence-corrected chi connectivity index (χ3v) is 0.337. The van der Waals surface area contributed by atoms with Gasteiger partial charge in [0.1, 0.15) is 0 Å². The van der Waals surface area contributed by atoms with E-state index in [0.717, 1.165) is 0 Å². The highest BCUT2D eigenvalue weighted by atomic mass is 16.3. The van der Waals surface area contributed by atoms with Crippen molar-refractivity contribution in [1.29, 1.82) is 0 Å². The maximum absolute atomic E-state index is 8.08. The molecular formula is C3H8N4O. The third-order valence-electron chi connectivity index (χ3n) is 0.337. The predicted molar refractivity (Wildman–Crippen MR) is 31.4 cm³/mol. The van der Waals surface area contributed by atoms with E-state index in [9.17, 15) is 0 Å². The van der Waals surface area contributed by atoms with Gasteiger partial charge in [0, 0.05) is 0 Å². The van der Waals surface area contributed by atoms with Crippen molar-refractivity contribution in [3.8, 4) is 0 Å². The van der Waals surface area contributed by atoms with Gasteiger partial charge in [0.05, 0.1) is 12.8 Å². The van der Waals surface area contributed by atoms with Gasteiger partial charge >= 0.3 is 0 Å². The van der Waals surface area contributed by atoms with Crippen LogP contribution in [0.5, 0.6) is 0 Å². The number of hydrogen-bond donors (Lipinski definition) is 3. The lowest BCUT2D eigenvalue weighted by Crippen LogP contribution is -2.21. The van der Waals surface area contributed by atoms with Gasteiger partial charge in [-0.1, -0.05) is 0 Å². The molecule has 5 N–H and O–H groups in total. The number of rotatable bonds is 2. The molecular weight excluding hydrogens is 108 g/mol. The van der Waals surface area contributed by atoms with E-state index >= 15 is 0 Å². The van der Waals surface area contributed by atoms with Crippen molar-refractivity contribution < 1.29 is 5.11 Å². The van der Waals surface area contributed by atoms with Gasteiger partial charge in [-0.15, -0.1) is 5.10 Å². The Morgan fingerprint density at radius 3 is 2.62 bits per heavy atom. The molecule has 0 atom stereocenters. The van der Waals surface area contributed by atoms with Crippen LogP contribution in [0.1, 0.15) is 0 Å². The first-order chi connectivity index (χ1) is 3.77. The van der Waals surface area contributed by atoms with Crippen LogP contribution in [0.15, 0.2) is 10.2 Å². The molecule has 0 unspecified atom stereocenters. The molecule has 0 radical (unpaired) electrons. The fourth-order valence-electron chi connectivity index (χ4n) is 0.144. The van der Waals surface area contributed by atoms with Crippen molar-refractivity contribution in [2.24, 2.45) is 21.7 Å². The third kappa shape index (κ3) is 4.90. The van der Waals surface area contributed by atoms with Crippen molar-refractivity contribution >= 4 is 12.2 Å². The SMILES string of the molecule is NC(N)=N/N=C/CO. The van der Waals surface area contributed by atoms with Gasteiger partial charge in [-0.3, -0.25) is 0 Å². The molecule has 5 nitrogen and oxygen atoms in total. The summed E-state index contributed by atoms with van der Waals surface area (Å²) >= 11 is 0. The second kappa shape index (κ2) is 4.07. The van der Waals surface area contributed by atoms with Crippen LogP contribution >= 0.6 is 0 Å². The minimum atomic E-state index is -0.156.